The fourth-order valence-corrected chi connectivity index (χ4v) is 2.82. The fourth-order valence-electron chi connectivity index (χ4n) is 2.62. The van der Waals surface area contributed by atoms with Crippen molar-refractivity contribution < 1.29 is 13.2 Å². The molecule has 1 N–H and O–H groups in total. The van der Waals surface area contributed by atoms with Gasteiger partial charge >= 0.3 is 6.18 Å². The molecule has 0 saturated heterocycles. The van der Waals surface area contributed by atoms with Crippen LogP contribution in [0.3, 0.4) is 0 Å². The van der Waals surface area contributed by atoms with Crippen molar-refractivity contribution in [2.24, 2.45) is 10.9 Å². The van der Waals surface area contributed by atoms with Crippen molar-refractivity contribution in [1.29, 1.82) is 5.41 Å². The maximum absolute atomic E-state index is 13.4. The summed E-state index contributed by atoms with van der Waals surface area (Å²) >= 11 is 5.84. The number of rotatable bonds is 8. The molecule has 2 rings (SSSR count). The van der Waals surface area contributed by atoms with Gasteiger partial charge in [0.25, 0.3) is 0 Å². The van der Waals surface area contributed by atoms with Crippen LogP contribution in [0.15, 0.2) is 59.6 Å². The average molecular weight is 407 g/mol. The number of hydrogen-bond acceptors (Lipinski definition) is 2. The molecule has 0 radical (unpaired) electrons. The van der Waals surface area contributed by atoms with Gasteiger partial charge in [0, 0.05) is 11.2 Å². The van der Waals surface area contributed by atoms with Crippen LogP contribution in [0.1, 0.15) is 36.8 Å². The van der Waals surface area contributed by atoms with E-state index in [0.29, 0.717) is 12.0 Å². The Bertz CT molecular complexity index is 826. The van der Waals surface area contributed by atoms with Crippen LogP contribution in [0.5, 0.6) is 0 Å². The molecule has 0 amide bonds. The number of halogens is 4. The normalized spacial score (nSPS) is 14.5. The Morgan fingerprint density at radius 1 is 1.14 bits per heavy atom. The van der Waals surface area contributed by atoms with E-state index in [9.17, 15) is 13.2 Å². The van der Waals surface area contributed by atoms with Gasteiger partial charge in [-0.1, -0.05) is 54.9 Å². The van der Waals surface area contributed by atoms with Crippen molar-refractivity contribution in [1.82, 2.24) is 0 Å². The molecule has 0 aromatic heterocycles. The molecule has 2 atom stereocenters. The highest BCUT2D eigenvalue weighted by Gasteiger charge is 2.38. The minimum atomic E-state index is -4.40. The molecule has 0 aliphatic carbocycles. The second-order valence-corrected chi connectivity index (χ2v) is 7.00. The fraction of sp³-hybridized carbons (Fsp3) is 0.273. The molecule has 2 unspecified atom stereocenters. The topological polar surface area (TPSA) is 36.2 Å². The number of nitrogens with one attached hydrogen (secondary N) is 1. The molecule has 0 aliphatic heterocycles. The van der Waals surface area contributed by atoms with Gasteiger partial charge in [-0.15, -0.1) is 0 Å². The van der Waals surface area contributed by atoms with E-state index in [1.165, 1.54) is 30.5 Å². The smallest absolute Gasteiger partial charge is 0.313 e. The number of alkyl halides is 3. The van der Waals surface area contributed by atoms with Gasteiger partial charge in [-0.05, 0) is 60.4 Å². The lowest BCUT2D eigenvalue weighted by atomic mass is 9.97. The van der Waals surface area contributed by atoms with Crippen LogP contribution < -0.4 is 0 Å². The minimum Gasteiger partial charge on any atom is -0.313 e. The third-order valence-electron chi connectivity index (χ3n) is 4.18. The summed E-state index contributed by atoms with van der Waals surface area (Å²) in [5.41, 5.74) is 1.50. The predicted molar refractivity (Wildman–Crippen MR) is 111 cm³/mol. The predicted octanol–water partition coefficient (Wildman–Crippen LogP) is 7.47. The highest BCUT2D eigenvalue weighted by Crippen LogP contribution is 2.37. The molecule has 2 nitrogen and oxygen atoms in total. The zero-order valence-corrected chi connectivity index (χ0v) is 16.2. The standard InChI is InChI=1S/C22H22ClF3N2/c1-16(4-3-13-27)15-28-20-10-7-17(8-11-20)9-12-21(22(24,25)26)18-5-2-6-19(23)14-18/h2,5-16,21,27H,3-4H2,1H3. The number of aliphatic imine (C=N–C) groups is 1. The first-order valence-electron chi connectivity index (χ1n) is 8.93. The van der Waals surface area contributed by atoms with Crippen molar-refractivity contribution in [2.45, 2.75) is 31.9 Å². The van der Waals surface area contributed by atoms with Crippen molar-refractivity contribution in [3.63, 3.8) is 0 Å². The van der Waals surface area contributed by atoms with Crippen molar-refractivity contribution in [3.05, 3.63) is 70.8 Å². The number of nitrogens with zero attached hydrogens (tertiary/aromatic N) is 1. The first-order valence-corrected chi connectivity index (χ1v) is 9.31. The number of benzene rings is 2. The molecule has 2 aromatic rings. The molecule has 0 fully saturated rings. The van der Waals surface area contributed by atoms with Gasteiger partial charge in [0.1, 0.15) is 0 Å². The van der Waals surface area contributed by atoms with Crippen molar-refractivity contribution in [3.8, 4) is 0 Å². The van der Waals surface area contributed by atoms with Crippen LogP contribution >= 0.6 is 11.6 Å². The SMILES string of the molecule is CC(C=Nc1ccc(C=CC(c2cccc(Cl)c2)C(F)(F)F)cc1)CCC=N. The lowest BCUT2D eigenvalue weighted by Crippen LogP contribution is -2.18. The van der Waals surface area contributed by atoms with E-state index in [-0.39, 0.29) is 16.5 Å². The van der Waals surface area contributed by atoms with Crippen molar-refractivity contribution >= 4 is 35.8 Å². The Balaban J connectivity index is 2.11. The molecule has 148 valence electrons. The Kier molecular flexibility index (Phi) is 8.00. The molecule has 0 bridgehead atoms. The molecule has 0 spiro atoms. The molecular weight excluding hydrogens is 385 g/mol. The summed E-state index contributed by atoms with van der Waals surface area (Å²) in [6.45, 7) is 2.03. The van der Waals surface area contributed by atoms with Crippen LogP contribution in [-0.2, 0) is 0 Å². The highest BCUT2D eigenvalue weighted by atomic mass is 35.5. The molecule has 28 heavy (non-hydrogen) atoms. The van der Waals surface area contributed by atoms with Gasteiger partial charge < -0.3 is 5.41 Å². The van der Waals surface area contributed by atoms with Gasteiger partial charge in [-0.3, -0.25) is 4.99 Å². The highest BCUT2D eigenvalue weighted by molar-refractivity contribution is 6.30. The summed E-state index contributed by atoms with van der Waals surface area (Å²) in [7, 11) is 0. The number of hydrogen-bond donors (Lipinski definition) is 1. The quantitative estimate of drug-likeness (QED) is 0.441. The third kappa shape index (κ3) is 6.97. The lowest BCUT2D eigenvalue weighted by Gasteiger charge is -2.17. The van der Waals surface area contributed by atoms with Gasteiger partial charge in [0.15, 0.2) is 0 Å². The summed E-state index contributed by atoms with van der Waals surface area (Å²) in [6.07, 6.45) is 2.97. The van der Waals surface area contributed by atoms with Crippen LogP contribution in [0.2, 0.25) is 5.02 Å². The van der Waals surface area contributed by atoms with E-state index in [2.05, 4.69) is 4.99 Å². The summed E-state index contributed by atoms with van der Waals surface area (Å²) in [4.78, 5) is 4.37. The van der Waals surface area contributed by atoms with Crippen molar-refractivity contribution in [2.75, 3.05) is 0 Å². The molecule has 0 aliphatic rings. The van der Waals surface area contributed by atoms with Crippen LogP contribution in [0, 0.1) is 11.3 Å². The van der Waals surface area contributed by atoms with Gasteiger partial charge in [0.05, 0.1) is 11.6 Å². The Morgan fingerprint density at radius 2 is 1.86 bits per heavy atom. The van der Waals surface area contributed by atoms with E-state index >= 15 is 0 Å². The second kappa shape index (κ2) is 10.2. The summed E-state index contributed by atoms with van der Waals surface area (Å²) in [6, 6.07) is 12.8. The first kappa shape index (κ1) is 21.9. The van der Waals surface area contributed by atoms with E-state index in [1.54, 1.807) is 30.3 Å². The average Bonchev–Trinajstić information content (AvgIpc) is 2.65. The second-order valence-electron chi connectivity index (χ2n) is 6.56. The zero-order chi connectivity index (χ0) is 20.6. The molecular formula is C22H22ClF3N2. The summed E-state index contributed by atoms with van der Waals surface area (Å²) in [5.74, 6) is -1.47. The van der Waals surface area contributed by atoms with E-state index in [4.69, 9.17) is 17.0 Å². The summed E-state index contributed by atoms with van der Waals surface area (Å²) in [5, 5.41) is 7.31. The molecule has 2 aromatic carbocycles. The maximum Gasteiger partial charge on any atom is 0.399 e. The van der Waals surface area contributed by atoms with E-state index < -0.39 is 12.1 Å². The molecule has 0 heterocycles. The first-order chi connectivity index (χ1) is 13.3. The monoisotopic (exact) mass is 406 g/mol. The van der Waals surface area contributed by atoms with Gasteiger partial charge in [-0.25, -0.2) is 0 Å². The largest absolute Gasteiger partial charge is 0.399 e. The lowest BCUT2D eigenvalue weighted by molar-refractivity contribution is -0.139. The van der Waals surface area contributed by atoms with Gasteiger partial charge in [0.2, 0.25) is 0 Å². The minimum absolute atomic E-state index is 0.108. The maximum atomic E-state index is 13.4. The Morgan fingerprint density at radius 3 is 2.46 bits per heavy atom. The van der Waals surface area contributed by atoms with Crippen LogP contribution in [-0.4, -0.2) is 18.6 Å². The van der Waals surface area contributed by atoms with E-state index in [0.717, 1.165) is 18.2 Å². The summed E-state index contributed by atoms with van der Waals surface area (Å²) < 4.78 is 40.3. The number of allylic oxidation sites excluding steroid dienone is 1. The Hall–Kier alpha value is -2.40. The zero-order valence-electron chi connectivity index (χ0n) is 15.5. The van der Waals surface area contributed by atoms with E-state index in [1.807, 2.05) is 13.1 Å². The van der Waals surface area contributed by atoms with Crippen LogP contribution in [0.25, 0.3) is 6.08 Å². The molecule has 0 saturated carbocycles. The van der Waals surface area contributed by atoms with Gasteiger partial charge in [-0.2, -0.15) is 13.2 Å². The third-order valence-corrected chi connectivity index (χ3v) is 4.41. The molecule has 6 heteroatoms. The Labute approximate surface area is 168 Å². The van der Waals surface area contributed by atoms with Crippen LogP contribution in [0.4, 0.5) is 18.9 Å².